The number of guanidine groups is 1. The molecule has 0 saturated carbocycles. The van der Waals surface area contributed by atoms with Crippen LogP contribution in [0, 0.1) is 11.8 Å². The third-order valence-corrected chi connectivity index (χ3v) is 5.88. The normalized spacial score (nSPS) is 14.1. The van der Waals surface area contributed by atoms with Crippen LogP contribution in [0.1, 0.15) is 52.5 Å². The number of nitrogens with one attached hydrogen (secondary N) is 3. The van der Waals surface area contributed by atoms with E-state index in [1.165, 1.54) is 12.1 Å². The molecule has 0 aliphatic carbocycles. The van der Waals surface area contributed by atoms with Gasteiger partial charge in [0.25, 0.3) is 0 Å². The number of carbonyl (C=O) groups excluding carboxylic acids is 3. The topological polar surface area (TPSA) is 235 Å². The van der Waals surface area contributed by atoms with Gasteiger partial charge in [0.15, 0.2) is 5.96 Å². The summed E-state index contributed by atoms with van der Waals surface area (Å²) >= 11 is 0. The Balaban J connectivity index is 2.98. The number of aliphatic imine (C=N–C) groups is 1. The van der Waals surface area contributed by atoms with E-state index in [1.807, 2.05) is 13.8 Å². The summed E-state index contributed by atoms with van der Waals surface area (Å²) in [5.74, 6) is -3.41. The standard InChI is InChI=1S/C26H43N7O6/c1-14(2)12-20(25(38)39)32-23(36)19(6-5-11-30-26(28)29)31-24(37)21(15(3)4)33-22(35)18(27)13-16-7-9-17(34)10-8-16/h7-10,14-15,18-21,34H,5-6,11-13,27H2,1-4H3,(H,31,37)(H,32,36)(H,33,35)(H,38,39)(H4,28,29,30)/t18-,19-,20-,21-/m0/s1. The Morgan fingerprint density at radius 3 is 2.00 bits per heavy atom. The average molecular weight is 550 g/mol. The summed E-state index contributed by atoms with van der Waals surface area (Å²) in [6.45, 7) is 7.32. The number of rotatable bonds is 16. The van der Waals surface area contributed by atoms with E-state index in [1.54, 1.807) is 26.0 Å². The van der Waals surface area contributed by atoms with Crippen LogP contribution in [-0.4, -0.2) is 70.6 Å². The second-order valence-corrected chi connectivity index (χ2v) is 10.2. The Hall–Kier alpha value is -3.87. The number of nitrogens with two attached hydrogens (primary N) is 3. The van der Waals surface area contributed by atoms with E-state index >= 15 is 0 Å². The summed E-state index contributed by atoms with van der Waals surface area (Å²) in [5.41, 5.74) is 17.5. The van der Waals surface area contributed by atoms with Gasteiger partial charge in [0.05, 0.1) is 6.04 Å². The lowest BCUT2D eigenvalue weighted by Crippen LogP contribution is -2.58. The van der Waals surface area contributed by atoms with Crippen molar-refractivity contribution in [3.63, 3.8) is 0 Å². The minimum absolute atomic E-state index is 0.00706. The molecule has 0 saturated heterocycles. The van der Waals surface area contributed by atoms with Crippen molar-refractivity contribution < 1.29 is 29.4 Å². The first-order valence-electron chi connectivity index (χ1n) is 12.9. The highest BCUT2D eigenvalue weighted by Crippen LogP contribution is 2.12. The van der Waals surface area contributed by atoms with Gasteiger partial charge in [-0.05, 0) is 55.2 Å². The Morgan fingerprint density at radius 1 is 0.897 bits per heavy atom. The summed E-state index contributed by atoms with van der Waals surface area (Å²) < 4.78 is 0. The summed E-state index contributed by atoms with van der Waals surface area (Å²) in [5, 5.41) is 26.7. The quantitative estimate of drug-likeness (QED) is 0.0756. The Kier molecular flexibility index (Phi) is 13.7. The first-order chi connectivity index (χ1) is 18.2. The fourth-order valence-electron chi connectivity index (χ4n) is 3.77. The molecule has 13 heteroatoms. The molecule has 218 valence electrons. The summed E-state index contributed by atoms with van der Waals surface area (Å²) in [6.07, 6.45) is 0.843. The van der Waals surface area contributed by atoms with Crippen molar-refractivity contribution in [2.24, 2.45) is 34.0 Å². The first kappa shape index (κ1) is 33.2. The number of carboxylic acids is 1. The van der Waals surface area contributed by atoms with Crippen LogP contribution < -0.4 is 33.2 Å². The van der Waals surface area contributed by atoms with E-state index in [-0.39, 0.29) is 49.4 Å². The van der Waals surface area contributed by atoms with Crippen LogP contribution in [0.25, 0.3) is 0 Å². The molecular weight excluding hydrogens is 506 g/mol. The van der Waals surface area contributed by atoms with Crippen LogP contribution in [0.3, 0.4) is 0 Å². The molecule has 11 N–H and O–H groups in total. The Bertz CT molecular complexity index is 993. The molecule has 0 aromatic heterocycles. The number of aliphatic carboxylic acids is 1. The highest BCUT2D eigenvalue weighted by molar-refractivity contribution is 5.94. The maximum absolute atomic E-state index is 13.2. The van der Waals surface area contributed by atoms with Crippen LogP contribution in [-0.2, 0) is 25.6 Å². The van der Waals surface area contributed by atoms with Crippen molar-refractivity contribution in [1.82, 2.24) is 16.0 Å². The van der Waals surface area contributed by atoms with Gasteiger partial charge in [-0.3, -0.25) is 19.4 Å². The second-order valence-electron chi connectivity index (χ2n) is 10.2. The molecule has 0 radical (unpaired) electrons. The number of phenolic OH excluding ortho intramolecular Hbond substituents is 1. The second kappa shape index (κ2) is 16.2. The van der Waals surface area contributed by atoms with Crippen molar-refractivity contribution in [2.75, 3.05) is 6.54 Å². The van der Waals surface area contributed by atoms with Crippen LogP contribution in [0.4, 0.5) is 0 Å². The molecule has 0 bridgehead atoms. The molecule has 1 rings (SSSR count). The van der Waals surface area contributed by atoms with Gasteiger partial charge in [-0.15, -0.1) is 0 Å². The van der Waals surface area contributed by atoms with E-state index in [0.717, 1.165) is 5.56 Å². The molecule has 0 spiro atoms. The molecule has 4 atom stereocenters. The van der Waals surface area contributed by atoms with Crippen molar-refractivity contribution in [3.8, 4) is 5.75 Å². The number of carbonyl (C=O) groups is 4. The van der Waals surface area contributed by atoms with Gasteiger partial charge < -0.3 is 43.4 Å². The lowest BCUT2D eigenvalue weighted by molar-refractivity contribution is -0.143. The van der Waals surface area contributed by atoms with Gasteiger partial charge in [0, 0.05) is 6.54 Å². The predicted molar refractivity (Wildman–Crippen MR) is 147 cm³/mol. The summed E-state index contributed by atoms with van der Waals surface area (Å²) in [7, 11) is 0. The molecule has 1 aromatic carbocycles. The SMILES string of the molecule is CC(C)C[C@H](NC(=O)[C@H](CCCN=C(N)N)NC(=O)[C@@H](NC(=O)[C@@H](N)Cc1ccc(O)cc1)C(C)C)C(=O)O. The van der Waals surface area contributed by atoms with E-state index in [2.05, 4.69) is 20.9 Å². The Labute approximate surface area is 229 Å². The maximum Gasteiger partial charge on any atom is 0.326 e. The third-order valence-electron chi connectivity index (χ3n) is 5.88. The summed E-state index contributed by atoms with van der Waals surface area (Å²) in [4.78, 5) is 54.6. The third kappa shape index (κ3) is 12.5. The highest BCUT2D eigenvalue weighted by Gasteiger charge is 2.31. The zero-order valence-electron chi connectivity index (χ0n) is 23.0. The van der Waals surface area contributed by atoms with Gasteiger partial charge in [-0.2, -0.15) is 0 Å². The van der Waals surface area contributed by atoms with Gasteiger partial charge in [-0.1, -0.05) is 39.8 Å². The van der Waals surface area contributed by atoms with Crippen molar-refractivity contribution in [1.29, 1.82) is 0 Å². The van der Waals surface area contributed by atoms with Gasteiger partial charge in [-0.25, -0.2) is 4.79 Å². The van der Waals surface area contributed by atoms with Crippen molar-refractivity contribution in [3.05, 3.63) is 29.8 Å². The molecule has 0 unspecified atom stereocenters. The fourth-order valence-corrected chi connectivity index (χ4v) is 3.77. The Morgan fingerprint density at radius 2 is 1.49 bits per heavy atom. The van der Waals surface area contributed by atoms with Crippen LogP contribution >= 0.6 is 0 Å². The fraction of sp³-hybridized carbons (Fsp3) is 0.577. The molecule has 0 aliphatic heterocycles. The molecule has 1 aromatic rings. The van der Waals surface area contributed by atoms with Crippen LogP contribution in [0.2, 0.25) is 0 Å². The molecule has 39 heavy (non-hydrogen) atoms. The number of amides is 3. The number of aromatic hydroxyl groups is 1. The number of benzene rings is 1. The number of hydrogen-bond donors (Lipinski definition) is 8. The lowest BCUT2D eigenvalue weighted by atomic mass is 10.00. The van der Waals surface area contributed by atoms with Crippen LogP contribution in [0.15, 0.2) is 29.3 Å². The van der Waals surface area contributed by atoms with E-state index in [9.17, 15) is 29.4 Å². The van der Waals surface area contributed by atoms with E-state index in [0.29, 0.717) is 6.42 Å². The molecule has 0 aliphatic rings. The number of hydrogen-bond acceptors (Lipinski definition) is 7. The smallest absolute Gasteiger partial charge is 0.326 e. The van der Waals surface area contributed by atoms with E-state index in [4.69, 9.17) is 17.2 Å². The zero-order chi connectivity index (χ0) is 29.7. The number of phenols is 1. The molecule has 13 nitrogen and oxygen atoms in total. The minimum atomic E-state index is -1.18. The average Bonchev–Trinajstić information content (AvgIpc) is 2.84. The monoisotopic (exact) mass is 549 g/mol. The first-order valence-corrected chi connectivity index (χ1v) is 12.9. The molecule has 0 heterocycles. The van der Waals surface area contributed by atoms with Crippen LogP contribution in [0.5, 0.6) is 5.75 Å². The predicted octanol–water partition coefficient (Wildman–Crippen LogP) is -0.443. The van der Waals surface area contributed by atoms with Crippen molar-refractivity contribution >= 4 is 29.7 Å². The molecular formula is C26H43N7O6. The number of carboxylic acid groups (broad SMARTS) is 1. The number of nitrogens with zero attached hydrogens (tertiary/aromatic N) is 1. The van der Waals surface area contributed by atoms with E-state index < -0.39 is 47.9 Å². The minimum Gasteiger partial charge on any atom is -0.508 e. The zero-order valence-corrected chi connectivity index (χ0v) is 23.0. The molecule has 0 fully saturated rings. The maximum atomic E-state index is 13.2. The largest absolute Gasteiger partial charge is 0.508 e. The molecule has 3 amide bonds. The van der Waals surface area contributed by atoms with Crippen molar-refractivity contribution in [2.45, 2.75) is 77.5 Å². The summed E-state index contributed by atoms with van der Waals surface area (Å²) in [6, 6.07) is 2.06. The lowest BCUT2D eigenvalue weighted by Gasteiger charge is -2.27. The van der Waals surface area contributed by atoms with Gasteiger partial charge in [0.2, 0.25) is 17.7 Å². The van der Waals surface area contributed by atoms with Gasteiger partial charge >= 0.3 is 5.97 Å². The highest BCUT2D eigenvalue weighted by atomic mass is 16.4. The van der Waals surface area contributed by atoms with Gasteiger partial charge in [0.1, 0.15) is 23.9 Å².